The molecule has 0 aliphatic carbocycles. The topological polar surface area (TPSA) is 29.5 Å². The van der Waals surface area contributed by atoms with Crippen molar-refractivity contribution < 1.29 is 9.53 Å². The van der Waals surface area contributed by atoms with Crippen LogP contribution >= 0.6 is 0 Å². The molecular weight excluding hydrogens is 262 g/mol. The van der Waals surface area contributed by atoms with Gasteiger partial charge in [-0.3, -0.25) is 4.79 Å². The molecule has 1 fully saturated rings. The third-order valence-corrected chi connectivity index (χ3v) is 4.11. The zero-order valence-corrected chi connectivity index (χ0v) is 13.1. The lowest BCUT2D eigenvalue weighted by Gasteiger charge is -2.32. The molecule has 0 spiro atoms. The summed E-state index contributed by atoms with van der Waals surface area (Å²) in [6.07, 6.45) is 3.82. The van der Waals surface area contributed by atoms with Crippen molar-refractivity contribution in [3.8, 4) is 0 Å². The van der Waals surface area contributed by atoms with Gasteiger partial charge in [0, 0.05) is 25.3 Å². The molecule has 1 aromatic rings. The number of carbonyl (C=O) groups is 1. The molecule has 21 heavy (non-hydrogen) atoms. The van der Waals surface area contributed by atoms with E-state index < -0.39 is 0 Å². The Morgan fingerprint density at radius 3 is 2.76 bits per heavy atom. The third-order valence-electron chi connectivity index (χ3n) is 4.11. The van der Waals surface area contributed by atoms with Gasteiger partial charge in [-0.25, -0.2) is 0 Å². The largest absolute Gasteiger partial charge is 0.377 e. The van der Waals surface area contributed by atoms with Gasteiger partial charge in [-0.2, -0.15) is 0 Å². The van der Waals surface area contributed by atoms with Crippen LogP contribution in [0.2, 0.25) is 0 Å². The SMILES string of the molecule is C=CCOCC1CCN(C(=O)c2cc(C)ccc2C)CC1. The van der Waals surface area contributed by atoms with Gasteiger partial charge >= 0.3 is 0 Å². The maximum absolute atomic E-state index is 12.6. The molecule has 0 saturated carbocycles. The van der Waals surface area contributed by atoms with E-state index in [1.54, 1.807) is 6.08 Å². The highest BCUT2D eigenvalue weighted by Gasteiger charge is 2.24. The zero-order chi connectivity index (χ0) is 15.2. The van der Waals surface area contributed by atoms with Crippen LogP contribution in [0.5, 0.6) is 0 Å². The predicted octanol–water partition coefficient (Wildman–Crippen LogP) is 3.36. The second-order valence-electron chi connectivity index (χ2n) is 5.88. The van der Waals surface area contributed by atoms with E-state index >= 15 is 0 Å². The van der Waals surface area contributed by atoms with Gasteiger partial charge in [0.05, 0.1) is 6.61 Å². The minimum atomic E-state index is 0.168. The monoisotopic (exact) mass is 287 g/mol. The van der Waals surface area contributed by atoms with Crippen LogP contribution in [0.3, 0.4) is 0 Å². The summed E-state index contributed by atoms with van der Waals surface area (Å²) >= 11 is 0. The molecule has 1 aliphatic rings. The van der Waals surface area contributed by atoms with Gasteiger partial charge in [0.15, 0.2) is 0 Å². The first-order chi connectivity index (χ1) is 10.1. The van der Waals surface area contributed by atoms with E-state index in [1.807, 2.05) is 30.9 Å². The molecular formula is C18H25NO2. The predicted molar refractivity (Wildman–Crippen MR) is 85.6 cm³/mol. The highest BCUT2D eigenvalue weighted by Crippen LogP contribution is 2.21. The molecule has 0 unspecified atom stereocenters. The lowest BCUT2D eigenvalue weighted by atomic mass is 9.96. The highest BCUT2D eigenvalue weighted by molar-refractivity contribution is 5.95. The van der Waals surface area contributed by atoms with Crippen molar-refractivity contribution in [2.24, 2.45) is 5.92 Å². The minimum Gasteiger partial charge on any atom is -0.377 e. The van der Waals surface area contributed by atoms with Crippen molar-refractivity contribution >= 4 is 5.91 Å². The number of likely N-dealkylation sites (tertiary alicyclic amines) is 1. The molecule has 0 aromatic heterocycles. The van der Waals surface area contributed by atoms with E-state index in [0.29, 0.717) is 12.5 Å². The number of carbonyl (C=O) groups excluding carboxylic acids is 1. The number of piperidine rings is 1. The smallest absolute Gasteiger partial charge is 0.254 e. The summed E-state index contributed by atoms with van der Waals surface area (Å²) in [5, 5.41) is 0. The average Bonchev–Trinajstić information content (AvgIpc) is 2.50. The number of ether oxygens (including phenoxy) is 1. The van der Waals surface area contributed by atoms with Crippen molar-refractivity contribution in [2.75, 3.05) is 26.3 Å². The fraction of sp³-hybridized carbons (Fsp3) is 0.500. The number of hydrogen-bond acceptors (Lipinski definition) is 2. The Balaban J connectivity index is 1.91. The van der Waals surface area contributed by atoms with Gasteiger partial charge in [0.1, 0.15) is 0 Å². The Labute approximate surface area is 127 Å². The van der Waals surface area contributed by atoms with Crippen molar-refractivity contribution in [1.82, 2.24) is 4.90 Å². The quantitative estimate of drug-likeness (QED) is 0.614. The second-order valence-corrected chi connectivity index (χ2v) is 5.88. The fourth-order valence-electron chi connectivity index (χ4n) is 2.76. The molecule has 0 radical (unpaired) electrons. The molecule has 1 aromatic carbocycles. The van der Waals surface area contributed by atoms with Crippen molar-refractivity contribution in [3.63, 3.8) is 0 Å². The number of amides is 1. The van der Waals surface area contributed by atoms with Crippen molar-refractivity contribution in [1.29, 1.82) is 0 Å². The number of hydrogen-bond donors (Lipinski definition) is 0. The van der Waals surface area contributed by atoms with E-state index in [2.05, 4.69) is 12.6 Å². The maximum atomic E-state index is 12.6. The standard InChI is InChI=1S/C18H25NO2/c1-4-11-21-13-16-7-9-19(10-8-16)18(20)17-12-14(2)5-6-15(17)3/h4-6,12,16H,1,7-11,13H2,2-3H3. The molecule has 114 valence electrons. The number of benzene rings is 1. The summed E-state index contributed by atoms with van der Waals surface area (Å²) in [5.74, 6) is 0.731. The molecule has 1 amide bonds. The number of rotatable bonds is 5. The zero-order valence-electron chi connectivity index (χ0n) is 13.1. The van der Waals surface area contributed by atoms with Crippen LogP contribution in [-0.4, -0.2) is 37.1 Å². The summed E-state index contributed by atoms with van der Waals surface area (Å²) in [4.78, 5) is 14.6. The lowest BCUT2D eigenvalue weighted by Crippen LogP contribution is -2.39. The fourth-order valence-corrected chi connectivity index (χ4v) is 2.76. The highest BCUT2D eigenvalue weighted by atomic mass is 16.5. The molecule has 1 aliphatic heterocycles. The van der Waals surface area contributed by atoms with Crippen LogP contribution in [0.1, 0.15) is 34.3 Å². The Bertz CT molecular complexity index is 502. The molecule has 1 heterocycles. The molecule has 0 N–H and O–H groups in total. The first-order valence-electron chi connectivity index (χ1n) is 7.67. The molecule has 2 rings (SSSR count). The van der Waals surface area contributed by atoms with Crippen LogP contribution in [0.15, 0.2) is 30.9 Å². The number of nitrogens with zero attached hydrogens (tertiary/aromatic N) is 1. The van der Waals surface area contributed by atoms with Gasteiger partial charge in [-0.1, -0.05) is 23.8 Å². The van der Waals surface area contributed by atoms with Gasteiger partial charge in [-0.05, 0) is 44.2 Å². The second kappa shape index (κ2) is 7.41. The van der Waals surface area contributed by atoms with Crippen LogP contribution < -0.4 is 0 Å². The van der Waals surface area contributed by atoms with Crippen LogP contribution in [-0.2, 0) is 4.74 Å². The summed E-state index contributed by atoms with van der Waals surface area (Å²) < 4.78 is 5.52. The van der Waals surface area contributed by atoms with E-state index in [0.717, 1.165) is 49.2 Å². The van der Waals surface area contributed by atoms with Crippen LogP contribution in [0.25, 0.3) is 0 Å². The number of aryl methyl sites for hydroxylation is 2. The third kappa shape index (κ3) is 4.18. The van der Waals surface area contributed by atoms with Crippen molar-refractivity contribution in [2.45, 2.75) is 26.7 Å². The summed E-state index contributed by atoms with van der Waals surface area (Å²) in [5.41, 5.74) is 3.04. The molecule has 3 heteroatoms. The molecule has 1 saturated heterocycles. The van der Waals surface area contributed by atoms with E-state index in [1.165, 1.54) is 0 Å². The first-order valence-corrected chi connectivity index (χ1v) is 7.67. The Kier molecular flexibility index (Phi) is 5.57. The minimum absolute atomic E-state index is 0.168. The van der Waals surface area contributed by atoms with Crippen molar-refractivity contribution in [3.05, 3.63) is 47.5 Å². The Hall–Kier alpha value is -1.61. The summed E-state index contributed by atoms with van der Waals surface area (Å²) in [7, 11) is 0. The normalized spacial score (nSPS) is 16.0. The van der Waals surface area contributed by atoms with Crippen LogP contribution in [0.4, 0.5) is 0 Å². The van der Waals surface area contributed by atoms with E-state index in [9.17, 15) is 4.79 Å². The first kappa shape index (κ1) is 15.8. The summed E-state index contributed by atoms with van der Waals surface area (Å²) in [6, 6.07) is 6.07. The van der Waals surface area contributed by atoms with Crippen LogP contribution in [0, 0.1) is 19.8 Å². The van der Waals surface area contributed by atoms with Gasteiger partial charge in [-0.15, -0.1) is 6.58 Å². The van der Waals surface area contributed by atoms with Gasteiger partial charge in [0.25, 0.3) is 5.91 Å². The Morgan fingerprint density at radius 2 is 2.10 bits per heavy atom. The van der Waals surface area contributed by atoms with E-state index in [-0.39, 0.29) is 5.91 Å². The average molecular weight is 287 g/mol. The van der Waals surface area contributed by atoms with Gasteiger partial charge < -0.3 is 9.64 Å². The maximum Gasteiger partial charge on any atom is 0.254 e. The lowest BCUT2D eigenvalue weighted by molar-refractivity contribution is 0.0575. The molecule has 3 nitrogen and oxygen atoms in total. The Morgan fingerprint density at radius 1 is 1.38 bits per heavy atom. The molecule has 0 bridgehead atoms. The summed E-state index contributed by atoms with van der Waals surface area (Å²) in [6.45, 7) is 10.7. The van der Waals surface area contributed by atoms with E-state index in [4.69, 9.17) is 4.74 Å². The van der Waals surface area contributed by atoms with Gasteiger partial charge in [0.2, 0.25) is 0 Å². The molecule has 0 atom stereocenters.